The summed E-state index contributed by atoms with van der Waals surface area (Å²) < 4.78 is 0. The fourth-order valence-corrected chi connectivity index (χ4v) is 2.83. The van der Waals surface area contributed by atoms with Crippen LogP contribution in [0.15, 0.2) is 0 Å². The molecule has 2 heteroatoms. The Labute approximate surface area is 133 Å². The smallest absolute Gasteiger partial charge is 0.0540 e. The molecule has 0 bridgehead atoms. The van der Waals surface area contributed by atoms with Gasteiger partial charge in [-0.3, -0.25) is 0 Å². The van der Waals surface area contributed by atoms with E-state index in [1.54, 1.807) is 0 Å². The van der Waals surface area contributed by atoms with Crippen molar-refractivity contribution in [2.75, 3.05) is 0 Å². The van der Waals surface area contributed by atoms with E-state index in [2.05, 4.69) is 13.8 Å². The summed E-state index contributed by atoms with van der Waals surface area (Å²) in [6.07, 6.45) is 17.1. The molecule has 2 nitrogen and oxygen atoms in total. The summed E-state index contributed by atoms with van der Waals surface area (Å²) in [6.45, 7) is 4.40. The largest absolute Gasteiger partial charge is 0.393 e. The molecular formula is C19H40O2. The Morgan fingerprint density at radius 1 is 0.476 bits per heavy atom. The van der Waals surface area contributed by atoms with Crippen molar-refractivity contribution in [2.45, 2.75) is 122 Å². The number of hydrogen-bond acceptors (Lipinski definition) is 2. The number of hydrogen-bond donors (Lipinski definition) is 2. The highest BCUT2D eigenvalue weighted by Gasteiger charge is 2.05. The highest BCUT2D eigenvalue weighted by Crippen LogP contribution is 2.14. The van der Waals surface area contributed by atoms with Crippen LogP contribution in [0.3, 0.4) is 0 Å². The van der Waals surface area contributed by atoms with Crippen LogP contribution in [0.2, 0.25) is 0 Å². The van der Waals surface area contributed by atoms with Gasteiger partial charge in [-0.1, -0.05) is 84.5 Å². The van der Waals surface area contributed by atoms with Crippen molar-refractivity contribution in [1.29, 1.82) is 0 Å². The van der Waals surface area contributed by atoms with Gasteiger partial charge in [-0.05, 0) is 25.7 Å². The lowest BCUT2D eigenvalue weighted by atomic mass is 10.0. The van der Waals surface area contributed by atoms with Gasteiger partial charge in [0, 0.05) is 0 Å². The van der Waals surface area contributed by atoms with Crippen LogP contribution in [0.25, 0.3) is 0 Å². The van der Waals surface area contributed by atoms with Crippen molar-refractivity contribution in [2.24, 2.45) is 0 Å². The van der Waals surface area contributed by atoms with E-state index in [0.717, 1.165) is 44.9 Å². The maximum absolute atomic E-state index is 9.91. The molecule has 0 spiro atoms. The fraction of sp³-hybridized carbons (Fsp3) is 1.00. The molecule has 0 aromatic carbocycles. The maximum Gasteiger partial charge on any atom is 0.0540 e. The Morgan fingerprint density at radius 3 is 1.19 bits per heavy atom. The first-order valence-corrected chi connectivity index (χ1v) is 9.56. The third-order valence-electron chi connectivity index (χ3n) is 4.36. The zero-order chi connectivity index (χ0) is 15.8. The van der Waals surface area contributed by atoms with E-state index in [4.69, 9.17) is 0 Å². The Kier molecular flexibility index (Phi) is 16.2. The van der Waals surface area contributed by atoms with Crippen molar-refractivity contribution in [3.63, 3.8) is 0 Å². The van der Waals surface area contributed by atoms with Gasteiger partial charge in [-0.2, -0.15) is 0 Å². The zero-order valence-corrected chi connectivity index (χ0v) is 14.7. The Bertz CT molecular complexity index is 194. The minimum absolute atomic E-state index is 0.0817. The summed E-state index contributed by atoms with van der Waals surface area (Å²) in [5, 5.41) is 19.7. The summed E-state index contributed by atoms with van der Waals surface area (Å²) >= 11 is 0. The Balaban J connectivity index is 3.22. The average Bonchev–Trinajstić information content (AvgIpc) is 2.48. The highest BCUT2D eigenvalue weighted by molar-refractivity contribution is 4.59. The quantitative estimate of drug-likeness (QED) is 0.364. The third kappa shape index (κ3) is 16.1. The van der Waals surface area contributed by atoms with Gasteiger partial charge in [-0.25, -0.2) is 0 Å². The van der Waals surface area contributed by atoms with Crippen LogP contribution < -0.4 is 0 Å². The first-order chi connectivity index (χ1) is 10.2. The van der Waals surface area contributed by atoms with Crippen molar-refractivity contribution in [3.8, 4) is 0 Å². The molecule has 0 amide bonds. The van der Waals surface area contributed by atoms with Gasteiger partial charge >= 0.3 is 0 Å². The third-order valence-corrected chi connectivity index (χ3v) is 4.36. The highest BCUT2D eigenvalue weighted by atomic mass is 16.3. The van der Waals surface area contributed by atoms with Crippen molar-refractivity contribution in [1.82, 2.24) is 0 Å². The first-order valence-electron chi connectivity index (χ1n) is 9.56. The van der Waals surface area contributed by atoms with Gasteiger partial charge in [0.15, 0.2) is 0 Å². The minimum Gasteiger partial charge on any atom is -0.393 e. The molecule has 0 aliphatic carbocycles. The SMILES string of the molecule is CCCCCCCC(O)CCCCCCC(O)CCCC. The molecule has 0 saturated carbocycles. The van der Waals surface area contributed by atoms with E-state index in [-0.39, 0.29) is 12.2 Å². The number of aliphatic hydroxyl groups excluding tert-OH is 2. The van der Waals surface area contributed by atoms with E-state index < -0.39 is 0 Å². The van der Waals surface area contributed by atoms with Crippen LogP contribution in [0.4, 0.5) is 0 Å². The molecule has 0 aromatic heterocycles. The summed E-state index contributed by atoms with van der Waals surface area (Å²) in [6, 6.07) is 0. The van der Waals surface area contributed by atoms with Crippen LogP contribution in [-0.2, 0) is 0 Å². The Morgan fingerprint density at radius 2 is 0.810 bits per heavy atom. The van der Waals surface area contributed by atoms with Gasteiger partial charge in [-0.15, -0.1) is 0 Å². The number of aliphatic hydroxyl groups is 2. The standard InChI is InChI=1S/C19H40O2/c1-3-5-7-8-11-16-19(21)17-13-10-9-12-15-18(20)14-6-4-2/h18-21H,3-17H2,1-2H3. The lowest BCUT2D eigenvalue weighted by molar-refractivity contribution is 0.142. The summed E-state index contributed by atoms with van der Waals surface area (Å²) in [7, 11) is 0. The van der Waals surface area contributed by atoms with Gasteiger partial charge in [0.1, 0.15) is 0 Å². The molecule has 0 aliphatic rings. The van der Waals surface area contributed by atoms with Gasteiger partial charge in [0.2, 0.25) is 0 Å². The monoisotopic (exact) mass is 300 g/mol. The predicted molar refractivity (Wildman–Crippen MR) is 92.6 cm³/mol. The minimum atomic E-state index is -0.0846. The molecule has 0 aliphatic heterocycles. The zero-order valence-electron chi connectivity index (χ0n) is 14.7. The average molecular weight is 301 g/mol. The lowest BCUT2D eigenvalue weighted by Gasteiger charge is -2.11. The second-order valence-corrected chi connectivity index (χ2v) is 6.64. The van der Waals surface area contributed by atoms with Gasteiger partial charge in [0.25, 0.3) is 0 Å². The van der Waals surface area contributed by atoms with Gasteiger partial charge < -0.3 is 10.2 Å². The number of rotatable bonds is 16. The van der Waals surface area contributed by atoms with Crippen LogP contribution in [0.5, 0.6) is 0 Å². The summed E-state index contributed by atoms with van der Waals surface area (Å²) in [4.78, 5) is 0. The molecule has 0 saturated heterocycles. The molecule has 2 atom stereocenters. The molecule has 128 valence electrons. The van der Waals surface area contributed by atoms with Crippen molar-refractivity contribution >= 4 is 0 Å². The van der Waals surface area contributed by atoms with Crippen LogP contribution >= 0.6 is 0 Å². The van der Waals surface area contributed by atoms with Crippen molar-refractivity contribution in [3.05, 3.63) is 0 Å². The first kappa shape index (κ1) is 20.9. The lowest BCUT2D eigenvalue weighted by Crippen LogP contribution is -2.07. The van der Waals surface area contributed by atoms with Crippen LogP contribution in [0.1, 0.15) is 110 Å². The normalized spacial score (nSPS) is 14.3. The molecular weight excluding hydrogens is 260 g/mol. The predicted octanol–water partition coefficient (Wildman–Crippen LogP) is 5.60. The van der Waals surface area contributed by atoms with Crippen LogP contribution in [-0.4, -0.2) is 22.4 Å². The van der Waals surface area contributed by atoms with E-state index >= 15 is 0 Å². The van der Waals surface area contributed by atoms with E-state index in [1.165, 1.54) is 51.4 Å². The molecule has 21 heavy (non-hydrogen) atoms. The fourth-order valence-electron chi connectivity index (χ4n) is 2.83. The summed E-state index contributed by atoms with van der Waals surface area (Å²) in [5.41, 5.74) is 0. The second kappa shape index (κ2) is 16.3. The molecule has 0 fully saturated rings. The maximum atomic E-state index is 9.91. The van der Waals surface area contributed by atoms with Gasteiger partial charge in [0.05, 0.1) is 12.2 Å². The molecule has 0 aromatic rings. The van der Waals surface area contributed by atoms with E-state index in [0.29, 0.717) is 0 Å². The van der Waals surface area contributed by atoms with Crippen LogP contribution in [0, 0.1) is 0 Å². The Hall–Kier alpha value is -0.0800. The second-order valence-electron chi connectivity index (χ2n) is 6.64. The van der Waals surface area contributed by atoms with E-state index in [1.807, 2.05) is 0 Å². The molecule has 0 radical (unpaired) electrons. The molecule has 0 heterocycles. The molecule has 2 unspecified atom stereocenters. The number of unbranched alkanes of at least 4 members (excludes halogenated alkanes) is 8. The molecule has 2 N–H and O–H groups in total. The van der Waals surface area contributed by atoms with Crippen molar-refractivity contribution < 1.29 is 10.2 Å². The van der Waals surface area contributed by atoms with E-state index in [9.17, 15) is 10.2 Å². The summed E-state index contributed by atoms with van der Waals surface area (Å²) in [5.74, 6) is 0. The molecule has 0 rings (SSSR count). The topological polar surface area (TPSA) is 40.5 Å².